The molecule has 0 unspecified atom stereocenters. The number of halogens is 2. The van der Waals surface area contributed by atoms with Crippen LogP contribution in [-0.2, 0) is 0 Å². The van der Waals surface area contributed by atoms with E-state index < -0.39 is 11.6 Å². The third-order valence-corrected chi connectivity index (χ3v) is 3.73. The first-order chi connectivity index (χ1) is 10.1. The Bertz CT molecular complexity index is 644. The number of benzene rings is 2. The lowest BCUT2D eigenvalue weighted by molar-refractivity contribution is 0.101. The summed E-state index contributed by atoms with van der Waals surface area (Å²) >= 11 is 1.36. The molecule has 0 aliphatic rings. The molecule has 0 N–H and O–H groups in total. The van der Waals surface area contributed by atoms with Gasteiger partial charge >= 0.3 is 0 Å². The predicted octanol–water partition coefficient (Wildman–Crippen LogP) is 4.34. The molecule has 0 fully saturated rings. The van der Waals surface area contributed by atoms with Gasteiger partial charge in [-0.15, -0.1) is 11.8 Å². The zero-order valence-electron chi connectivity index (χ0n) is 11.4. The Kier molecular flexibility index (Phi) is 5.33. The van der Waals surface area contributed by atoms with Gasteiger partial charge in [-0.3, -0.25) is 4.79 Å². The molecule has 0 aliphatic heterocycles. The Morgan fingerprint density at radius 2 is 1.90 bits per heavy atom. The number of para-hydroxylation sites is 1. The average molecular weight is 308 g/mol. The van der Waals surface area contributed by atoms with E-state index in [-0.39, 0.29) is 5.78 Å². The smallest absolute Gasteiger partial charge is 0.163 e. The molecule has 0 aliphatic carbocycles. The van der Waals surface area contributed by atoms with Gasteiger partial charge < -0.3 is 4.74 Å². The standard InChI is InChI=1S/C16H14F2O2S/c1-11(19)13-4-2-3-5-16(13)20-8-9-21-12-6-7-14(17)15(18)10-12/h2-7,10H,8-9H2,1H3. The summed E-state index contributed by atoms with van der Waals surface area (Å²) < 4.78 is 31.4. The molecule has 0 radical (unpaired) electrons. The minimum Gasteiger partial charge on any atom is -0.492 e. The van der Waals surface area contributed by atoms with Gasteiger partial charge in [-0.1, -0.05) is 12.1 Å². The fourth-order valence-corrected chi connectivity index (χ4v) is 2.51. The lowest BCUT2D eigenvalue weighted by Gasteiger charge is -2.09. The lowest BCUT2D eigenvalue weighted by Crippen LogP contribution is -2.04. The summed E-state index contributed by atoms with van der Waals surface area (Å²) in [5, 5.41) is 0. The highest BCUT2D eigenvalue weighted by molar-refractivity contribution is 7.99. The number of Topliss-reactive ketones (excluding diaryl/α,β-unsaturated/α-hetero) is 1. The van der Waals surface area contributed by atoms with Crippen molar-refractivity contribution in [2.75, 3.05) is 12.4 Å². The number of ether oxygens (including phenoxy) is 1. The fourth-order valence-electron chi connectivity index (χ4n) is 1.76. The van der Waals surface area contributed by atoms with Gasteiger partial charge in [0.25, 0.3) is 0 Å². The minimum atomic E-state index is -0.858. The Balaban J connectivity index is 1.87. The van der Waals surface area contributed by atoms with Gasteiger partial charge in [0.05, 0.1) is 12.2 Å². The highest BCUT2D eigenvalue weighted by Gasteiger charge is 2.07. The van der Waals surface area contributed by atoms with Gasteiger partial charge in [-0.25, -0.2) is 8.78 Å². The van der Waals surface area contributed by atoms with Crippen molar-refractivity contribution < 1.29 is 18.3 Å². The largest absolute Gasteiger partial charge is 0.492 e. The van der Waals surface area contributed by atoms with Crippen LogP contribution in [0.5, 0.6) is 5.75 Å². The molecule has 0 amide bonds. The van der Waals surface area contributed by atoms with Crippen molar-refractivity contribution in [1.29, 1.82) is 0 Å². The molecule has 0 saturated heterocycles. The van der Waals surface area contributed by atoms with Gasteiger partial charge in [0.1, 0.15) is 5.75 Å². The van der Waals surface area contributed by atoms with Crippen molar-refractivity contribution in [3.05, 3.63) is 59.7 Å². The van der Waals surface area contributed by atoms with E-state index in [0.717, 1.165) is 12.1 Å². The second kappa shape index (κ2) is 7.22. The van der Waals surface area contributed by atoms with Crippen LogP contribution < -0.4 is 4.74 Å². The van der Waals surface area contributed by atoms with Crippen LogP contribution in [-0.4, -0.2) is 18.1 Å². The topological polar surface area (TPSA) is 26.3 Å². The minimum absolute atomic E-state index is 0.0566. The molecular weight excluding hydrogens is 294 g/mol. The highest BCUT2D eigenvalue weighted by atomic mass is 32.2. The first-order valence-electron chi connectivity index (χ1n) is 6.38. The van der Waals surface area contributed by atoms with E-state index in [1.807, 2.05) is 0 Å². The molecule has 2 aromatic rings. The second-order valence-electron chi connectivity index (χ2n) is 4.33. The summed E-state index contributed by atoms with van der Waals surface area (Å²) in [6.45, 7) is 1.85. The summed E-state index contributed by atoms with van der Waals surface area (Å²) in [7, 11) is 0. The van der Waals surface area contributed by atoms with E-state index in [9.17, 15) is 13.6 Å². The number of carbonyl (C=O) groups is 1. The summed E-state index contributed by atoms with van der Waals surface area (Å²) in [6, 6.07) is 10.8. The maximum absolute atomic E-state index is 13.0. The van der Waals surface area contributed by atoms with Crippen molar-refractivity contribution >= 4 is 17.5 Å². The normalized spacial score (nSPS) is 10.4. The molecule has 0 aromatic heterocycles. The van der Waals surface area contributed by atoms with E-state index in [4.69, 9.17) is 4.74 Å². The summed E-state index contributed by atoms with van der Waals surface area (Å²) in [4.78, 5) is 12.1. The van der Waals surface area contributed by atoms with Crippen LogP contribution in [0.25, 0.3) is 0 Å². The third kappa shape index (κ3) is 4.29. The maximum atomic E-state index is 13.0. The summed E-state index contributed by atoms with van der Waals surface area (Å²) in [5.41, 5.74) is 0.537. The van der Waals surface area contributed by atoms with Crippen LogP contribution in [0.15, 0.2) is 47.4 Å². The average Bonchev–Trinajstić information content (AvgIpc) is 2.47. The molecule has 2 rings (SSSR count). The summed E-state index contributed by atoms with van der Waals surface area (Å²) in [5.74, 6) is -0.666. The first kappa shape index (κ1) is 15.5. The Morgan fingerprint density at radius 3 is 2.62 bits per heavy atom. The number of rotatable bonds is 6. The fraction of sp³-hybridized carbons (Fsp3) is 0.188. The second-order valence-corrected chi connectivity index (χ2v) is 5.49. The quantitative estimate of drug-likeness (QED) is 0.451. The SMILES string of the molecule is CC(=O)c1ccccc1OCCSc1ccc(F)c(F)c1. The number of thioether (sulfide) groups is 1. The Labute approximate surface area is 126 Å². The zero-order chi connectivity index (χ0) is 15.2. The molecule has 0 bridgehead atoms. The van der Waals surface area contributed by atoms with Crippen LogP contribution in [0, 0.1) is 11.6 Å². The van der Waals surface area contributed by atoms with Crippen LogP contribution >= 0.6 is 11.8 Å². The number of ketones is 1. The van der Waals surface area contributed by atoms with E-state index in [2.05, 4.69) is 0 Å². The molecule has 2 nitrogen and oxygen atoms in total. The van der Waals surface area contributed by atoms with Crippen LogP contribution in [0.1, 0.15) is 17.3 Å². The first-order valence-corrected chi connectivity index (χ1v) is 7.37. The van der Waals surface area contributed by atoms with Gasteiger partial charge in [-0.2, -0.15) is 0 Å². The molecule has 5 heteroatoms. The number of hydrogen-bond donors (Lipinski definition) is 0. The van der Waals surface area contributed by atoms with Crippen molar-refractivity contribution in [3.8, 4) is 5.75 Å². The molecule has 0 atom stereocenters. The molecule has 0 spiro atoms. The van der Waals surface area contributed by atoms with Gasteiger partial charge in [0, 0.05) is 10.6 Å². The monoisotopic (exact) mass is 308 g/mol. The van der Waals surface area contributed by atoms with Crippen molar-refractivity contribution in [2.45, 2.75) is 11.8 Å². The Morgan fingerprint density at radius 1 is 1.14 bits per heavy atom. The number of hydrogen-bond acceptors (Lipinski definition) is 3. The number of carbonyl (C=O) groups excluding carboxylic acids is 1. The molecule has 21 heavy (non-hydrogen) atoms. The summed E-state index contributed by atoms with van der Waals surface area (Å²) in [6.07, 6.45) is 0. The predicted molar refractivity (Wildman–Crippen MR) is 79.0 cm³/mol. The Hall–Kier alpha value is -1.88. The highest BCUT2D eigenvalue weighted by Crippen LogP contribution is 2.22. The van der Waals surface area contributed by atoms with Crippen LogP contribution in [0.3, 0.4) is 0 Å². The van der Waals surface area contributed by atoms with Crippen molar-refractivity contribution in [1.82, 2.24) is 0 Å². The van der Waals surface area contributed by atoms with Crippen LogP contribution in [0.4, 0.5) is 8.78 Å². The lowest BCUT2D eigenvalue weighted by atomic mass is 10.1. The zero-order valence-corrected chi connectivity index (χ0v) is 12.3. The van der Waals surface area contributed by atoms with Crippen molar-refractivity contribution in [2.24, 2.45) is 0 Å². The van der Waals surface area contributed by atoms with Gasteiger partial charge in [-0.05, 0) is 37.3 Å². The van der Waals surface area contributed by atoms with E-state index in [1.165, 1.54) is 24.8 Å². The van der Waals surface area contributed by atoms with Gasteiger partial charge in [0.15, 0.2) is 17.4 Å². The van der Waals surface area contributed by atoms with Crippen molar-refractivity contribution in [3.63, 3.8) is 0 Å². The van der Waals surface area contributed by atoms with E-state index >= 15 is 0 Å². The molecule has 0 saturated carbocycles. The molecule has 110 valence electrons. The van der Waals surface area contributed by atoms with Gasteiger partial charge in [0.2, 0.25) is 0 Å². The van der Waals surface area contributed by atoms with Crippen LogP contribution in [0.2, 0.25) is 0 Å². The molecule has 0 heterocycles. The molecule has 2 aromatic carbocycles. The third-order valence-electron chi connectivity index (χ3n) is 2.77. The molecular formula is C16H14F2O2S. The van der Waals surface area contributed by atoms with E-state index in [1.54, 1.807) is 24.3 Å². The maximum Gasteiger partial charge on any atom is 0.163 e. The van der Waals surface area contributed by atoms with E-state index in [0.29, 0.717) is 28.6 Å².